The summed E-state index contributed by atoms with van der Waals surface area (Å²) < 4.78 is 0. The van der Waals surface area contributed by atoms with Crippen molar-refractivity contribution in [3.05, 3.63) is 53.7 Å². The molecule has 0 bridgehead atoms. The fourth-order valence-electron chi connectivity index (χ4n) is 2.13. The molecule has 0 radical (unpaired) electrons. The third kappa shape index (κ3) is 1.36. The van der Waals surface area contributed by atoms with Crippen LogP contribution in [0.2, 0.25) is 0 Å². The third-order valence-electron chi connectivity index (χ3n) is 2.99. The van der Waals surface area contributed by atoms with Crippen molar-refractivity contribution >= 4 is 21.7 Å². The number of hydrogen-bond donors (Lipinski definition) is 0. The highest BCUT2D eigenvalue weighted by Crippen LogP contribution is 2.25. The Hall–Kier alpha value is -1.89. The van der Waals surface area contributed by atoms with Crippen molar-refractivity contribution in [3.63, 3.8) is 0 Å². The zero-order valence-electron chi connectivity index (χ0n) is 9.49. The molecule has 1 heterocycles. The van der Waals surface area contributed by atoms with E-state index in [1.165, 1.54) is 27.3 Å². The largest absolute Gasteiger partial charge is 0.256 e. The fraction of sp³-hybridized carbons (Fsp3) is 0.133. The van der Waals surface area contributed by atoms with E-state index in [1.807, 2.05) is 6.20 Å². The van der Waals surface area contributed by atoms with E-state index in [1.54, 1.807) is 0 Å². The van der Waals surface area contributed by atoms with Crippen molar-refractivity contribution < 1.29 is 0 Å². The van der Waals surface area contributed by atoms with Gasteiger partial charge in [-0.25, -0.2) is 0 Å². The van der Waals surface area contributed by atoms with E-state index in [0.717, 1.165) is 5.52 Å². The van der Waals surface area contributed by atoms with E-state index >= 15 is 0 Å². The molecular weight excluding hydrogens is 194 g/mol. The second kappa shape index (κ2) is 3.31. The highest BCUT2D eigenvalue weighted by molar-refractivity contribution is 6.05. The van der Waals surface area contributed by atoms with Crippen LogP contribution in [0.4, 0.5) is 0 Å². The number of rotatable bonds is 0. The van der Waals surface area contributed by atoms with Gasteiger partial charge in [0.2, 0.25) is 0 Å². The molecule has 1 aromatic heterocycles. The van der Waals surface area contributed by atoms with Crippen LogP contribution in [0.5, 0.6) is 0 Å². The monoisotopic (exact) mass is 207 g/mol. The summed E-state index contributed by atoms with van der Waals surface area (Å²) in [6.07, 6.45) is 1.95. The number of hydrogen-bond acceptors (Lipinski definition) is 1. The molecule has 78 valence electrons. The van der Waals surface area contributed by atoms with Gasteiger partial charge in [0, 0.05) is 17.0 Å². The molecule has 1 nitrogen and oxygen atoms in total. The SMILES string of the molecule is Cc1ccc2cnc3ccc(C)cc3c2c1. The van der Waals surface area contributed by atoms with E-state index in [9.17, 15) is 0 Å². The van der Waals surface area contributed by atoms with Gasteiger partial charge in [-0.15, -0.1) is 0 Å². The lowest BCUT2D eigenvalue weighted by molar-refractivity contribution is 1.41. The maximum Gasteiger partial charge on any atom is 0.0708 e. The zero-order valence-corrected chi connectivity index (χ0v) is 9.49. The van der Waals surface area contributed by atoms with Crippen molar-refractivity contribution in [3.8, 4) is 0 Å². The summed E-state index contributed by atoms with van der Waals surface area (Å²) >= 11 is 0. The lowest BCUT2D eigenvalue weighted by Crippen LogP contribution is -1.84. The first-order valence-electron chi connectivity index (χ1n) is 5.50. The van der Waals surface area contributed by atoms with Crippen LogP contribution in [0.1, 0.15) is 11.1 Å². The zero-order chi connectivity index (χ0) is 11.1. The summed E-state index contributed by atoms with van der Waals surface area (Å²) in [5.41, 5.74) is 3.65. The van der Waals surface area contributed by atoms with Gasteiger partial charge in [0.25, 0.3) is 0 Å². The summed E-state index contributed by atoms with van der Waals surface area (Å²) in [6, 6.07) is 12.9. The van der Waals surface area contributed by atoms with Gasteiger partial charge in [0.1, 0.15) is 0 Å². The molecule has 2 aromatic carbocycles. The van der Waals surface area contributed by atoms with Gasteiger partial charge in [0.05, 0.1) is 5.52 Å². The summed E-state index contributed by atoms with van der Waals surface area (Å²) in [6.45, 7) is 4.25. The lowest BCUT2D eigenvalue weighted by Gasteiger charge is -2.05. The second-order valence-electron chi connectivity index (χ2n) is 4.37. The van der Waals surface area contributed by atoms with Crippen LogP contribution < -0.4 is 0 Å². The Labute approximate surface area is 94.7 Å². The molecule has 0 atom stereocenters. The van der Waals surface area contributed by atoms with Gasteiger partial charge in [-0.1, -0.05) is 35.4 Å². The molecule has 0 fully saturated rings. The molecular formula is C15H13N. The van der Waals surface area contributed by atoms with Gasteiger partial charge in [-0.3, -0.25) is 4.98 Å². The molecule has 0 spiro atoms. The Morgan fingerprint density at radius 1 is 0.812 bits per heavy atom. The van der Waals surface area contributed by atoms with Crippen LogP contribution in [0.3, 0.4) is 0 Å². The summed E-state index contributed by atoms with van der Waals surface area (Å²) in [5.74, 6) is 0. The van der Waals surface area contributed by atoms with Crippen molar-refractivity contribution in [1.82, 2.24) is 4.98 Å². The summed E-state index contributed by atoms with van der Waals surface area (Å²) in [4.78, 5) is 4.48. The van der Waals surface area contributed by atoms with Crippen molar-refractivity contribution in [2.45, 2.75) is 13.8 Å². The smallest absolute Gasteiger partial charge is 0.0708 e. The van der Waals surface area contributed by atoms with Crippen LogP contribution in [-0.2, 0) is 0 Å². The van der Waals surface area contributed by atoms with Crippen LogP contribution in [0.15, 0.2) is 42.6 Å². The molecule has 1 heteroatoms. The Morgan fingerprint density at radius 2 is 1.50 bits per heavy atom. The first kappa shape index (κ1) is 9.34. The van der Waals surface area contributed by atoms with Crippen LogP contribution >= 0.6 is 0 Å². The van der Waals surface area contributed by atoms with E-state index in [2.05, 4.69) is 55.2 Å². The highest BCUT2D eigenvalue weighted by atomic mass is 14.6. The minimum Gasteiger partial charge on any atom is -0.256 e. The summed E-state index contributed by atoms with van der Waals surface area (Å²) in [5, 5.41) is 3.76. The van der Waals surface area contributed by atoms with E-state index in [-0.39, 0.29) is 0 Å². The van der Waals surface area contributed by atoms with Gasteiger partial charge in [-0.05, 0) is 31.4 Å². The Balaban J connectivity index is 2.55. The second-order valence-corrected chi connectivity index (χ2v) is 4.37. The van der Waals surface area contributed by atoms with Crippen LogP contribution in [0.25, 0.3) is 21.7 Å². The topological polar surface area (TPSA) is 12.9 Å². The average Bonchev–Trinajstić information content (AvgIpc) is 2.29. The lowest BCUT2D eigenvalue weighted by atomic mass is 10.0. The number of aryl methyl sites for hydroxylation is 2. The van der Waals surface area contributed by atoms with E-state index in [0.29, 0.717) is 0 Å². The van der Waals surface area contributed by atoms with Gasteiger partial charge in [0.15, 0.2) is 0 Å². The van der Waals surface area contributed by atoms with Crippen molar-refractivity contribution in [1.29, 1.82) is 0 Å². The Kier molecular flexibility index (Phi) is 1.93. The molecule has 3 aromatic rings. The maximum absolute atomic E-state index is 4.48. The van der Waals surface area contributed by atoms with Gasteiger partial charge < -0.3 is 0 Å². The number of pyridine rings is 1. The first-order chi connectivity index (χ1) is 7.74. The Bertz CT molecular complexity index is 623. The average molecular weight is 207 g/mol. The van der Waals surface area contributed by atoms with Crippen molar-refractivity contribution in [2.75, 3.05) is 0 Å². The maximum atomic E-state index is 4.48. The highest BCUT2D eigenvalue weighted by Gasteiger charge is 2.01. The first-order valence-corrected chi connectivity index (χ1v) is 5.50. The minimum absolute atomic E-state index is 1.07. The molecule has 0 saturated heterocycles. The predicted octanol–water partition coefficient (Wildman–Crippen LogP) is 4.00. The van der Waals surface area contributed by atoms with E-state index < -0.39 is 0 Å². The molecule has 0 aliphatic carbocycles. The molecule has 0 saturated carbocycles. The normalized spacial score (nSPS) is 11.1. The van der Waals surface area contributed by atoms with Gasteiger partial charge >= 0.3 is 0 Å². The molecule has 0 aliphatic rings. The summed E-state index contributed by atoms with van der Waals surface area (Å²) in [7, 11) is 0. The third-order valence-corrected chi connectivity index (χ3v) is 2.99. The van der Waals surface area contributed by atoms with Crippen LogP contribution in [-0.4, -0.2) is 4.98 Å². The van der Waals surface area contributed by atoms with E-state index in [4.69, 9.17) is 0 Å². The molecule has 0 aliphatic heterocycles. The standard InChI is InChI=1S/C15H13N/c1-10-3-5-12-9-16-15-6-4-11(2)8-14(15)13(12)7-10/h3-9H,1-2H3. The molecule has 0 unspecified atom stereocenters. The molecule has 3 rings (SSSR count). The van der Waals surface area contributed by atoms with Gasteiger partial charge in [-0.2, -0.15) is 0 Å². The number of nitrogens with zero attached hydrogens (tertiary/aromatic N) is 1. The number of benzene rings is 2. The quantitative estimate of drug-likeness (QED) is 0.508. The molecule has 16 heavy (non-hydrogen) atoms. The molecule has 0 amide bonds. The fourth-order valence-corrected chi connectivity index (χ4v) is 2.13. The number of fused-ring (bicyclic) bond motifs is 3. The minimum atomic E-state index is 1.07. The number of aromatic nitrogens is 1. The molecule has 0 N–H and O–H groups in total. The van der Waals surface area contributed by atoms with Crippen LogP contribution in [0, 0.1) is 13.8 Å². The Morgan fingerprint density at radius 3 is 2.31 bits per heavy atom. The predicted molar refractivity (Wildman–Crippen MR) is 68.7 cm³/mol. The van der Waals surface area contributed by atoms with Crippen molar-refractivity contribution in [2.24, 2.45) is 0 Å².